The Kier molecular flexibility index (Phi) is 6.94. The number of aromatic amines is 1. The molecule has 1 aliphatic heterocycles. The van der Waals surface area contributed by atoms with Gasteiger partial charge in [-0.05, 0) is 68.3 Å². The van der Waals surface area contributed by atoms with Gasteiger partial charge in [-0.15, -0.1) is 5.10 Å². The van der Waals surface area contributed by atoms with Crippen LogP contribution in [0.3, 0.4) is 0 Å². The van der Waals surface area contributed by atoms with Gasteiger partial charge in [0, 0.05) is 41.4 Å². The van der Waals surface area contributed by atoms with Crippen LogP contribution in [0.5, 0.6) is 0 Å². The molecule has 6 rings (SSSR count). The average molecular weight is 548 g/mol. The van der Waals surface area contributed by atoms with E-state index in [4.69, 9.17) is 4.98 Å². The number of aliphatic hydroxyl groups excluding tert-OH is 1. The predicted molar refractivity (Wildman–Crippen MR) is 147 cm³/mol. The van der Waals surface area contributed by atoms with E-state index in [0.717, 1.165) is 29.1 Å². The number of nitrogens with one attached hydrogen (secondary N) is 4. The molecule has 4 aromatic rings. The van der Waals surface area contributed by atoms with Crippen molar-refractivity contribution in [2.24, 2.45) is 5.92 Å². The third-order valence-electron chi connectivity index (χ3n) is 6.57. The molecule has 1 unspecified atom stereocenters. The first-order valence-electron chi connectivity index (χ1n) is 12.9. The van der Waals surface area contributed by atoms with Crippen LogP contribution in [-0.2, 0) is 9.59 Å². The molecule has 2 aliphatic rings. The maximum Gasteiger partial charge on any atom is 0.238 e. The lowest BCUT2D eigenvalue weighted by Gasteiger charge is -2.13. The van der Waals surface area contributed by atoms with Crippen molar-refractivity contribution >= 4 is 52.1 Å². The lowest BCUT2D eigenvalue weighted by Crippen LogP contribution is -2.32. The molecule has 39 heavy (non-hydrogen) atoms. The van der Waals surface area contributed by atoms with Gasteiger partial charge in [0.15, 0.2) is 11.6 Å². The number of likely N-dealkylation sites (tertiary alicyclic amines) is 1. The van der Waals surface area contributed by atoms with Crippen molar-refractivity contribution in [2.75, 3.05) is 35.6 Å². The van der Waals surface area contributed by atoms with Crippen LogP contribution in [0.1, 0.15) is 25.0 Å². The van der Waals surface area contributed by atoms with E-state index in [1.807, 2.05) is 48.2 Å². The number of rotatable bonds is 9. The zero-order chi connectivity index (χ0) is 26.9. The van der Waals surface area contributed by atoms with Crippen LogP contribution in [0.2, 0.25) is 0 Å². The van der Waals surface area contributed by atoms with Gasteiger partial charge in [0.2, 0.25) is 17.0 Å². The number of benzene rings is 1. The predicted octanol–water partition coefficient (Wildman–Crippen LogP) is 3.01. The van der Waals surface area contributed by atoms with Crippen LogP contribution in [0, 0.1) is 12.8 Å². The lowest BCUT2D eigenvalue weighted by atomic mass is 10.3. The molecule has 1 saturated heterocycles. The number of β-amino-alcohol motifs (C(OH)–C–C–N with tert-alkyl or cyclic N) is 1. The second-order valence-corrected chi connectivity index (χ2v) is 11.0. The molecule has 13 heteroatoms. The lowest BCUT2D eigenvalue weighted by molar-refractivity contribution is -0.118. The number of aryl methyl sites for hydroxylation is 1. The summed E-state index contributed by atoms with van der Waals surface area (Å²) in [7, 11) is 0. The molecule has 0 bridgehead atoms. The van der Waals surface area contributed by atoms with E-state index >= 15 is 0 Å². The number of carbonyl (C=O) groups excluding carboxylic acids is 2. The van der Waals surface area contributed by atoms with Crippen LogP contribution in [0.15, 0.2) is 52.6 Å². The van der Waals surface area contributed by atoms with Crippen molar-refractivity contribution < 1.29 is 14.7 Å². The highest BCUT2D eigenvalue weighted by Crippen LogP contribution is 2.32. The highest BCUT2D eigenvalue weighted by Gasteiger charge is 2.29. The average Bonchev–Trinajstić information content (AvgIpc) is 3.38. The number of H-pyrrole nitrogens is 1. The highest BCUT2D eigenvalue weighted by molar-refractivity contribution is 7.99. The Morgan fingerprint density at radius 1 is 1.13 bits per heavy atom. The number of amides is 2. The van der Waals surface area contributed by atoms with Crippen LogP contribution in [0.4, 0.5) is 23.0 Å². The van der Waals surface area contributed by atoms with Crippen molar-refractivity contribution in [1.82, 2.24) is 29.7 Å². The topological polar surface area (TPSA) is 153 Å². The molecule has 0 spiro atoms. The zero-order valence-corrected chi connectivity index (χ0v) is 22.2. The minimum absolute atomic E-state index is 0.0713. The first-order chi connectivity index (χ1) is 18.9. The fourth-order valence-corrected chi connectivity index (χ4v) is 5.20. The standard InChI is InChI=1S/C26H29N9O3S/c1-15-10-22(32-31-15)29-24-21-11-18(27-23(37)14-34-9-8-19(36)13-34)12-35(21)33-26(30-24)39-20-6-4-17(5-7-20)28-25(38)16-2-3-16/h4-7,10-12,16,19,36H,2-3,8-9,13-14H2,1H3,(H,27,37)(H,28,38)(H2,29,30,31,32,33). The van der Waals surface area contributed by atoms with Crippen LogP contribution < -0.4 is 16.0 Å². The van der Waals surface area contributed by atoms with Gasteiger partial charge < -0.3 is 21.1 Å². The molecule has 2 amide bonds. The second-order valence-electron chi connectivity index (χ2n) is 9.98. The summed E-state index contributed by atoms with van der Waals surface area (Å²) in [6.45, 7) is 3.33. The number of hydrogen-bond donors (Lipinski definition) is 5. The van der Waals surface area contributed by atoms with Crippen LogP contribution >= 0.6 is 11.8 Å². The van der Waals surface area contributed by atoms with Gasteiger partial charge in [0.1, 0.15) is 5.52 Å². The van der Waals surface area contributed by atoms with Gasteiger partial charge in [-0.1, -0.05) is 0 Å². The summed E-state index contributed by atoms with van der Waals surface area (Å²) in [4.78, 5) is 32.3. The first-order valence-corrected chi connectivity index (χ1v) is 13.7. The molecule has 1 aliphatic carbocycles. The Morgan fingerprint density at radius 2 is 1.95 bits per heavy atom. The van der Waals surface area contributed by atoms with E-state index in [1.54, 1.807) is 10.7 Å². The quantitative estimate of drug-likeness (QED) is 0.213. The third-order valence-corrected chi connectivity index (χ3v) is 7.44. The SMILES string of the molecule is Cc1cc(Nc2nc(Sc3ccc(NC(=O)C4CC4)cc3)nn3cc(NC(=O)CN4CCC(O)C4)cc23)n[nH]1. The van der Waals surface area contributed by atoms with Gasteiger partial charge in [-0.25, -0.2) is 9.50 Å². The summed E-state index contributed by atoms with van der Waals surface area (Å²) < 4.78 is 1.68. The van der Waals surface area contributed by atoms with Crippen molar-refractivity contribution in [3.05, 3.63) is 48.3 Å². The summed E-state index contributed by atoms with van der Waals surface area (Å²) >= 11 is 1.38. The van der Waals surface area contributed by atoms with E-state index < -0.39 is 0 Å². The summed E-state index contributed by atoms with van der Waals surface area (Å²) in [5, 5.41) is 31.2. The Morgan fingerprint density at radius 3 is 2.64 bits per heavy atom. The second kappa shape index (κ2) is 10.7. The Balaban J connectivity index is 1.22. The monoisotopic (exact) mass is 547 g/mol. The Labute approximate surface area is 228 Å². The number of fused-ring (bicyclic) bond motifs is 1. The minimum Gasteiger partial charge on any atom is -0.392 e. The number of aliphatic hydroxyl groups is 1. The van der Waals surface area contributed by atoms with Gasteiger partial charge in [-0.2, -0.15) is 5.10 Å². The largest absolute Gasteiger partial charge is 0.392 e. The van der Waals surface area contributed by atoms with E-state index in [1.165, 1.54) is 11.8 Å². The molecule has 1 saturated carbocycles. The van der Waals surface area contributed by atoms with E-state index in [2.05, 4.69) is 31.2 Å². The van der Waals surface area contributed by atoms with Crippen molar-refractivity contribution in [2.45, 2.75) is 42.3 Å². The Hall–Kier alpha value is -3.94. The molecule has 1 atom stereocenters. The minimum atomic E-state index is -0.377. The van der Waals surface area contributed by atoms with Crippen LogP contribution in [-0.4, -0.2) is 72.4 Å². The fourth-order valence-electron chi connectivity index (χ4n) is 4.45. The smallest absolute Gasteiger partial charge is 0.238 e. The molecule has 12 nitrogen and oxygen atoms in total. The zero-order valence-electron chi connectivity index (χ0n) is 21.3. The van der Waals surface area contributed by atoms with E-state index in [0.29, 0.717) is 47.5 Å². The maximum absolute atomic E-state index is 12.6. The molecular formula is C26H29N9O3S. The Bertz CT molecular complexity index is 1510. The normalized spacial score (nSPS) is 17.4. The molecule has 3 aromatic heterocycles. The molecule has 5 N–H and O–H groups in total. The van der Waals surface area contributed by atoms with E-state index in [-0.39, 0.29) is 30.4 Å². The summed E-state index contributed by atoms with van der Waals surface area (Å²) in [5.74, 6) is 1.21. The molecule has 4 heterocycles. The summed E-state index contributed by atoms with van der Waals surface area (Å²) in [6.07, 6.45) is 3.97. The number of hydrogen-bond acceptors (Lipinski definition) is 9. The van der Waals surface area contributed by atoms with Gasteiger partial charge in [0.25, 0.3) is 0 Å². The van der Waals surface area contributed by atoms with E-state index in [9.17, 15) is 14.7 Å². The fraction of sp³-hybridized carbons (Fsp3) is 0.346. The van der Waals surface area contributed by atoms with Crippen molar-refractivity contribution in [1.29, 1.82) is 0 Å². The number of nitrogens with zero attached hydrogens (tertiary/aromatic N) is 5. The molecular weight excluding hydrogens is 518 g/mol. The van der Waals surface area contributed by atoms with Gasteiger partial charge in [-0.3, -0.25) is 19.6 Å². The number of aromatic nitrogens is 5. The summed E-state index contributed by atoms with van der Waals surface area (Å²) in [6, 6.07) is 11.3. The van der Waals surface area contributed by atoms with Crippen LogP contribution in [0.25, 0.3) is 5.52 Å². The molecule has 0 radical (unpaired) electrons. The van der Waals surface area contributed by atoms with Gasteiger partial charge in [0.05, 0.1) is 24.5 Å². The van der Waals surface area contributed by atoms with Crippen molar-refractivity contribution in [3.8, 4) is 0 Å². The third kappa shape index (κ3) is 6.21. The first kappa shape index (κ1) is 25.3. The maximum atomic E-state index is 12.6. The number of carbonyl (C=O) groups is 2. The highest BCUT2D eigenvalue weighted by atomic mass is 32.2. The molecule has 1 aromatic carbocycles. The summed E-state index contributed by atoms with van der Waals surface area (Å²) in [5.41, 5.74) is 2.93. The van der Waals surface area contributed by atoms with Crippen molar-refractivity contribution in [3.63, 3.8) is 0 Å². The molecule has 202 valence electrons. The van der Waals surface area contributed by atoms with Gasteiger partial charge >= 0.3 is 0 Å². The molecule has 2 fully saturated rings. The number of anilines is 4.